The maximum absolute atomic E-state index is 12.0. The third kappa shape index (κ3) is 5.34. The van der Waals surface area contributed by atoms with Gasteiger partial charge in [-0.1, -0.05) is 30.3 Å². The molecule has 1 atom stereocenters. The molecule has 0 heterocycles. The molecule has 2 aromatic rings. The third-order valence-corrected chi connectivity index (χ3v) is 3.65. The number of nitrogens with one attached hydrogen (secondary N) is 3. The molecule has 24 heavy (non-hydrogen) atoms. The molecule has 0 radical (unpaired) electrons. The normalized spacial score (nSPS) is 11.6. The number of benzene rings is 2. The standard InChI is InChI=1S/C17H18ClN3O3/c18-15(17(23)20-14-4-2-1-3-5-14)11-19-10-12-6-8-13(9-7-12)16(22)21-24/h1-9,15,19,24H,10-11H2,(H,20,23)(H,21,22). The molecule has 7 heteroatoms. The van der Waals surface area contributed by atoms with E-state index in [0.717, 1.165) is 5.56 Å². The molecular formula is C17H18ClN3O3. The summed E-state index contributed by atoms with van der Waals surface area (Å²) in [5.41, 5.74) is 3.56. The Hall–Kier alpha value is -2.41. The molecule has 1 unspecified atom stereocenters. The van der Waals surface area contributed by atoms with Crippen LogP contribution in [0.25, 0.3) is 0 Å². The minimum atomic E-state index is -0.704. The molecule has 2 rings (SSSR count). The van der Waals surface area contributed by atoms with Crippen molar-refractivity contribution in [2.45, 2.75) is 11.9 Å². The number of carbonyl (C=O) groups is 2. The third-order valence-electron chi connectivity index (χ3n) is 3.30. The van der Waals surface area contributed by atoms with E-state index in [1.54, 1.807) is 41.9 Å². The van der Waals surface area contributed by atoms with Crippen molar-refractivity contribution in [2.75, 3.05) is 11.9 Å². The highest BCUT2D eigenvalue weighted by Crippen LogP contribution is 2.08. The van der Waals surface area contributed by atoms with Gasteiger partial charge in [-0.05, 0) is 29.8 Å². The number of halogens is 1. The van der Waals surface area contributed by atoms with Crippen LogP contribution in [0.3, 0.4) is 0 Å². The van der Waals surface area contributed by atoms with E-state index in [9.17, 15) is 9.59 Å². The Morgan fingerprint density at radius 1 is 1.04 bits per heavy atom. The van der Waals surface area contributed by atoms with E-state index in [0.29, 0.717) is 24.3 Å². The first-order valence-corrected chi connectivity index (χ1v) is 7.78. The molecule has 4 N–H and O–H groups in total. The van der Waals surface area contributed by atoms with Gasteiger partial charge in [0.1, 0.15) is 5.38 Å². The summed E-state index contributed by atoms with van der Waals surface area (Å²) in [6, 6.07) is 15.8. The molecule has 2 amide bonds. The van der Waals surface area contributed by atoms with E-state index in [2.05, 4.69) is 10.6 Å². The summed E-state index contributed by atoms with van der Waals surface area (Å²) < 4.78 is 0. The second-order valence-corrected chi connectivity index (χ2v) is 5.62. The van der Waals surface area contributed by atoms with Crippen molar-refractivity contribution in [3.63, 3.8) is 0 Å². The van der Waals surface area contributed by atoms with Gasteiger partial charge in [0.25, 0.3) is 5.91 Å². The molecule has 0 aromatic heterocycles. The lowest BCUT2D eigenvalue weighted by Gasteiger charge is -2.12. The smallest absolute Gasteiger partial charge is 0.274 e. The van der Waals surface area contributed by atoms with Crippen LogP contribution in [0.5, 0.6) is 0 Å². The van der Waals surface area contributed by atoms with Crippen molar-refractivity contribution in [1.82, 2.24) is 10.8 Å². The molecule has 0 bridgehead atoms. The van der Waals surface area contributed by atoms with Crippen LogP contribution in [0.2, 0.25) is 0 Å². The van der Waals surface area contributed by atoms with E-state index in [1.807, 2.05) is 18.2 Å². The van der Waals surface area contributed by atoms with E-state index < -0.39 is 11.3 Å². The van der Waals surface area contributed by atoms with Crippen LogP contribution in [-0.4, -0.2) is 28.9 Å². The van der Waals surface area contributed by atoms with Crippen molar-refractivity contribution in [1.29, 1.82) is 0 Å². The second-order valence-electron chi connectivity index (χ2n) is 5.09. The molecule has 0 saturated carbocycles. The molecular weight excluding hydrogens is 330 g/mol. The molecule has 0 aliphatic rings. The molecule has 0 spiro atoms. The van der Waals surface area contributed by atoms with Crippen LogP contribution in [-0.2, 0) is 11.3 Å². The number of carbonyl (C=O) groups excluding carboxylic acids is 2. The van der Waals surface area contributed by atoms with Gasteiger partial charge in [0, 0.05) is 24.3 Å². The molecule has 0 aliphatic carbocycles. The zero-order valence-corrected chi connectivity index (χ0v) is 13.6. The molecule has 6 nitrogen and oxygen atoms in total. The van der Waals surface area contributed by atoms with Gasteiger partial charge >= 0.3 is 0 Å². The van der Waals surface area contributed by atoms with Gasteiger partial charge in [-0.15, -0.1) is 11.6 Å². The lowest BCUT2D eigenvalue weighted by Crippen LogP contribution is -2.33. The van der Waals surface area contributed by atoms with Crippen molar-refractivity contribution in [2.24, 2.45) is 0 Å². The van der Waals surface area contributed by atoms with Gasteiger partial charge in [-0.2, -0.15) is 0 Å². The van der Waals surface area contributed by atoms with Crippen LogP contribution in [0.1, 0.15) is 15.9 Å². The number of hydrogen-bond donors (Lipinski definition) is 4. The van der Waals surface area contributed by atoms with Crippen molar-refractivity contribution >= 4 is 29.1 Å². The minimum absolute atomic E-state index is 0.273. The maximum Gasteiger partial charge on any atom is 0.274 e. The Kier molecular flexibility index (Phi) is 6.74. The Morgan fingerprint density at radius 2 is 1.71 bits per heavy atom. The van der Waals surface area contributed by atoms with E-state index in [4.69, 9.17) is 16.8 Å². The topological polar surface area (TPSA) is 90.5 Å². The highest BCUT2D eigenvalue weighted by Gasteiger charge is 2.14. The fourth-order valence-corrected chi connectivity index (χ4v) is 2.18. The van der Waals surface area contributed by atoms with E-state index in [1.165, 1.54) is 0 Å². The first-order valence-electron chi connectivity index (χ1n) is 7.34. The summed E-state index contributed by atoms with van der Waals surface area (Å²) in [6.45, 7) is 0.808. The zero-order chi connectivity index (χ0) is 17.4. The van der Waals surface area contributed by atoms with Gasteiger partial charge in [-0.25, -0.2) is 5.48 Å². The number of hydrogen-bond acceptors (Lipinski definition) is 4. The fraction of sp³-hybridized carbons (Fsp3) is 0.176. The Balaban J connectivity index is 1.76. The maximum atomic E-state index is 12.0. The number of alkyl halides is 1. The van der Waals surface area contributed by atoms with Crippen LogP contribution >= 0.6 is 11.6 Å². The van der Waals surface area contributed by atoms with Gasteiger partial charge in [-0.3, -0.25) is 14.8 Å². The van der Waals surface area contributed by atoms with Gasteiger partial charge < -0.3 is 10.6 Å². The summed E-state index contributed by atoms with van der Waals surface area (Å²) >= 11 is 6.08. The first kappa shape index (κ1) is 17.9. The average Bonchev–Trinajstić information content (AvgIpc) is 2.62. The molecule has 126 valence electrons. The number of para-hydroxylation sites is 1. The zero-order valence-electron chi connectivity index (χ0n) is 12.8. The molecule has 2 aromatic carbocycles. The van der Waals surface area contributed by atoms with E-state index >= 15 is 0 Å². The fourth-order valence-electron chi connectivity index (χ4n) is 2.02. The largest absolute Gasteiger partial charge is 0.325 e. The lowest BCUT2D eigenvalue weighted by molar-refractivity contribution is -0.115. The lowest BCUT2D eigenvalue weighted by atomic mass is 10.1. The summed E-state index contributed by atoms with van der Waals surface area (Å²) in [4.78, 5) is 23.2. The number of rotatable bonds is 7. The quantitative estimate of drug-likeness (QED) is 0.351. The molecule has 0 saturated heterocycles. The first-order chi connectivity index (χ1) is 11.6. The molecule has 0 fully saturated rings. The minimum Gasteiger partial charge on any atom is -0.325 e. The number of hydroxylamine groups is 1. The van der Waals surface area contributed by atoms with Crippen molar-refractivity contribution < 1.29 is 14.8 Å². The van der Waals surface area contributed by atoms with Crippen LogP contribution < -0.4 is 16.1 Å². The predicted molar refractivity (Wildman–Crippen MR) is 92.1 cm³/mol. The van der Waals surface area contributed by atoms with Crippen LogP contribution in [0.15, 0.2) is 54.6 Å². The van der Waals surface area contributed by atoms with Crippen LogP contribution in [0, 0.1) is 0 Å². The van der Waals surface area contributed by atoms with Crippen molar-refractivity contribution in [3.05, 3.63) is 65.7 Å². The predicted octanol–water partition coefficient (Wildman–Crippen LogP) is 2.14. The van der Waals surface area contributed by atoms with E-state index in [-0.39, 0.29) is 5.91 Å². The Bertz CT molecular complexity index is 677. The SMILES string of the molecule is O=C(NO)c1ccc(CNCC(Cl)C(=O)Nc2ccccc2)cc1. The number of anilines is 1. The molecule has 0 aliphatic heterocycles. The van der Waals surface area contributed by atoms with Gasteiger partial charge in [0.05, 0.1) is 0 Å². The Morgan fingerprint density at radius 3 is 2.33 bits per heavy atom. The van der Waals surface area contributed by atoms with Crippen LogP contribution in [0.4, 0.5) is 5.69 Å². The van der Waals surface area contributed by atoms with Gasteiger partial charge in [0.15, 0.2) is 0 Å². The highest BCUT2D eigenvalue weighted by atomic mass is 35.5. The Labute approximate surface area is 144 Å². The second kappa shape index (κ2) is 9.02. The number of amides is 2. The highest BCUT2D eigenvalue weighted by molar-refractivity contribution is 6.32. The van der Waals surface area contributed by atoms with Gasteiger partial charge in [0.2, 0.25) is 5.91 Å². The summed E-state index contributed by atoms with van der Waals surface area (Å²) in [5, 5.41) is 13.7. The summed E-state index contributed by atoms with van der Waals surface area (Å²) in [5.74, 6) is -0.835. The van der Waals surface area contributed by atoms with Crippen molar-refractivity contribution in [3.8, 4) is 0 Å². The summed E-state index contributed by atoms with van der Waals surface area (Å²) in [6.07, 6.45) is 0. The monoisotopic (exact) mass is 347 g/mol. The summed E-state index contributed by atoms with van der Waals surface area (Å²) in [7, 11) is 0. The average molecular weight is 348 g/mol.